The summed E-state index contributed by atoms with van der Waals surface area (Å²) < 4.78 is 0. The molecule has 1 rings (SSSR count). The summed E-state index contributed by atoms with van der Waals surface area (Å²) in [4.78, 5) is 11.8. The van der Waals surface area contributed by atoms with E-state index in [4.69, 9.17) is 5.73 Å². The quantitative estimate of drug-likeness (QED) is 0.470. The number of hydrogen-bond donors (Lipinski definition) is 4. The van der Waals surface area contributed by atoms with Crippen LogP contribution in [0.25, 0.3) is 0 Å². The Kier molecular flexibility index (Phi) is 8.84. The van der Waals surface area contributed by atoms with Crippen molar-refractivity contribution in [2.24, 2.45) is 5.73 Å². The van der Waals surface area contributed by atoms with Crippen molar-refractivity contribution in [2.45, 2.75) is 57.4 Å². The van der Waals surface area contributed by atoms with E-state index >= 15 is 0 Å². The molecule has 5 nitrogen and oxygen atoms in total. The fraction of sp³-hybridized carbons (Fsp3) is 0.611. The maximum absolute atomic E-state index is 11.8. The minimum absolute atomic E-state index is 0.0513. The van der Waals surface area contributed by atoms with Crippen LogP contribution >= 0.6 is 0 Å². The van der Waals surface area contributed by atoms with Crippen molar-refractivity contribution in [1.82, 2.24) is 0 Å². The lowest BCUT2D eigenvalue weighted by Gasteiger charge is -2.24. The van der Waals surface area contributed by atoms with Crippen LogP contribution in [0.15, 0.2) is 24.3 Å². The summed E-state index contributed by atoms with van der Waals surface area (Å²) in [5.41, 5.74) is 6.76. The van der Waals surface area contributed by atoms with Gasteiger partial charge in [0.15, 0.2) is 0 Å². The molecule has 0 saturated heterocycles. The first kappa shape index (κ1) is 19.6. The summed E-state index contributed by atoms with van der Waals surface area (Å²) >= 11 is 0. The number of carbonyl (C=O) groups is 1. The zero-order chi connectivity index (χ0) is 17.1. The SMILES string of the molecule is CCCCCCC(=O)Nc1ccc(CCC(N)(CO)CO)cc1. The van der Waals surface area contributed by atoms with Gasteiger partial charge in [0.25, 0.3) is 0 Å². The molecule has 0 unspecified atom stereocenters. The molecule has 1 aromatic carbocycles. The van der Waals surface area contributed by atoms with Gasteiger partial charge in [0.05, 0.1) is 18.8 Å². The molecular weight excluding hydrogens is 292 g/mol. The van der Waals surface area contributed by atoms with Gasteiger partial charge in [0.2, 0.25) is 5.91 Å². The van der Waals surface area contributed by atoms with Crippen LogP contribution in [0.4, 0.5) is 5.69 Å². The van der Waals surface area contributed by atoms with Crippen molar-refractivity contribution in [3.8, 4) is 0 Å². The third kappa shape index (κ3) is 7.59. The third-order valence-electron chi connectivity index (χ3n) is 4.04. The Morgan fingerprint density at radius 1 is 1.13 bits per heavy atom. The summed E-state index contributed by atoms with van der Waals surface area (Å²) in [6, 6.07) is 7.61. The Morgan fingerprint density at radius 3 is 2.35 bits per heavy atom. The van der Waals surface area contributed by atoms with Crippen LogP contribution in [0.5, 0.6) is 0 Å². The second-order valence-electron chi connectivity index (χ2n) is 6.23. The lowest BCUT2D eigenvalue weighted by Crippen LogP contribution is -2.47. The molecule has 1 amide bonds. The lowest BCUT2D eigenvalue weighted by atomic mass is 9.94. The minimum Gasteiger partial charge on any atom is -0.394 e. The molecule has 0 heterocycles. The second-order valence-corrected chi connectivity index (χ2v) is 6.23. The van der Waals surface area contributed by atoms with Crippen molar-refractivity contribution in [3.63, 3.8) is 0 Å². The van der Waals surface area contributed by atoms with Gasteiger partial charge in [0, 0.05) is 12.1 Å². The number of nitrogens with one attached hydrogen (secondary N) is 1. The van der Waals surface area contributed by atoms with Gasteiger partial charge >= 0.3 is 0 Å². The van der Waals surface area contributed by atoms with Gasteiger partial charge < -0.3 is 21.3 Å². The van der Waals surface area contributed by atoms with E-state index < -0.39 is 5.54 Å². The first-order valence-corrected chi connectivity index (χ1v) is 8.42. The Balaban J connectivity index is 2.39. The number of aryl methyl sites for hydroxylation is 1. The maximum atomic E-state index is 11.8. The van der Waals surface area contributed by atoms with E-state index in [1.54, 1.807) is 0 Å². The number of anilines is 1. The van der Waals surface area contributed by atoms with E-state index in [1.807, 2.05) is 24.3 Å². The maximum Gasteiger partial charge on any atom is 0.224 e. The highest BCUT2D eigenvalue weighted by molar-refractivity contribution is 5.90. The number of rotatable bonds is 11. The smallest absolute Gasteiger partial charge is 0.224 e. The molecular formula is C18H30N2O3. The van der Waals surface area contributed by atoms with Crippen molar-refractivity contribution < 1.29 is 15.0 Å². The van der Waals surface area contributed by atoms with Crippen LogP contribution in [0.3, 0.4) is 0 Å². The number of nitrogens with two attached hydrogens (primary N) is 1. The molecule has 0 aliphatic carbocycles. The zero-order valence-corrected chi connectivity index (χ0v) is 14.1. The number of aliphatic hydroxyl groups is 2. The van der Waals surface area contributed by atoms with Crippen LogP contribution in [0, 0.1) is 0 Å². The van der Waals surface area contributed by atoms with Gasteiger partial charge in [-0.2, -0.15) is 0 Å². The molecule has 0 aliphatic heterocycles. The predicted molar refractivity (Wildman–Crippen MR) is 93.2 cm³/mol. The molecule has 130 valence electrons. The molecule has 0 fully saturated rings. The Morgan fingerprint density at radius 2 is 1.78 bits per heavy atom. The monoisotopic (exact) mass is 322 g/mol. The molecule has 0 aromatic heterocycles. The number of hydrogen-bond acceptors (Lipinski definition) is 4. The summed E-state index contributed by atoms with van der Waals surface area (Å²) in [5, 5.41) is 21.3. The largest absolute Gasteiger partial charge is 0.394 e. The topological polar surface area (TPSA) is 95.6 Å². The molecule has 0 radical (unpaired) electrons. The number of aliphatic hydroxyl groups excluding tert-OH is 2. The normalized spacial score (nSPS) is 11.5. The third-order valence-corrected chi connectivity index (χ3v) is 4.04. The van der Waals surface area contributed by atoms with E-state index in [2.05, 4.69) is 12.2 Å². The first-order chi connectivity index (χ1) is 11.0. The second kappa shape index (κ2) is 10.4. The molecule has 0 aliphatic rings. The highest BCUT2D eigenvalue weighted by Crippen LogP contribution is 2.15. The Hall–Kier alpha value is -1.43. The van der Waals surface area contributed by atoms with Gasteiger partial charge in [-0.05, 0) is 37.0 Å². The van der Waals surface area contributed by atoms with Crippen LogP contribution in [-0.2, 0) is 11.2 Å². The van der Waals surface area contributed by atoms with E-state index in [0.717, 1.165) is 24.1 Å². The van der Waals surface area contributed by atoms with Crippen LogP contribution < -0.4 is 11.1 Å². The Labute approximate surface area is 138 Å². The highest BCUT2D eigenvalue weighted by Gasteiger charge is 2.22. The molecule has 0 bridgehead atoms. The molecule has 0 saturated carbocycles. The van der Waals surface area contributed by atoms with Gasteiger partial charge in [0.1, 0.15) is 0 Å². The highest BCUT2D eigenvalue weighted by atomic mass is 16.3. The average Bonchev–Trinajstić information content (AvgIpc) is 2.58. The van der Waals surface area contributed by atoms with E-state index in [0.29, 0.717) is 19.3 Å². The summed E-state index contributed by atoms with van der Waals surface area (Å²) in [7, 11) is 0. The van der Waals surface area contributed by atoms with Crippen molar-refractivity contribution in [2.75, 3.05) is 18.5 Å². The van der Waals surface area contributed by atoms with Gasteiger partial charge in [-0.25, -0.2) is 0 Å². The molecule has 0 spiro atoms. The molecule has 1 aromatic rings. The van der Waals surface area contributed by atoms with Crippen molar-refractivity contribution >= 4 is 11.6 Å². The van der Waals surface area contributed by atoms with Gasteiger partial charge in [-0.3, -0.25) is 4.79 Å². The van der Waals surface area contributed by atoms with Crippen molar-refractivity contribution in [1.29, 1.82) is 0 Å². The first-order valence-electron chi connectivity index (χ1n) is 8.42. The minimum atomic E-state index is -0.939. The van der Waals surface area contributed by atoms with Crippen LogP contribution in [0.2, 0.25) is 0 Å². The fourth-order valence-corrected chi connectivity index (χ4v) is 2.29. The molecule has 0 atom stereocenters. The summed E-state index contributed by atoms with van der Waals surface area (Å²) in [5.74, 6) is 0.0513. The predicted octanol–water partition coefficient (Wildman–Crippen LogP) is 2.21. The van der Waals surface area contributed by atoms with E-state index in [1.165, 1.54) is 12.8 Å². The van der Waals surface area contributed by atoms with Crippen LogP contribution in [0.1, 0.15) is 51.0 Å². The molecule has 5 heteroatoms. The van der Waals surface area contributed by atoms with E-state index in [-0.39, 0.29) is 19.1 Å². The van der Waals surface area contributed by atoms with E-state index in [9.17, 15) is 15.0 Å². The number of unbranched alkanes of at least 4 members (excludes halogenated alkanes) is 3. The standard InChI is InChI=1S/C18H30N2O3/c1-2-3-4-5-6-17(23)20-16-9-7-15(8-10-16)11-12-18(19,13-21)14-22/h7-10,21-22H,2-6,11-14,19H2,1H3,(H,20,23). The van der Waals surface area contributed by atoms with Gasteiger partial charge in [-0.1, -0.05) is 38.3 Å². The lowest BCUT2D eigenvalue weighted by molar-refractivity contribution is -0.116. The Bertz CT molecular complexity index is 456. The number of carbonyl (C=O) groups excluding carboxylic acids is 1. The molecule has 23 heavy (non-hydrogen) atoms. The fourth-order valence-electron chi connectivity index (χ4n) is 2.29. The number of amides is 1. The summed E-state index contributed by atoms with van der Waals surface area (Å²) in [6.45, 7) is 1.67. The van der Waals surface area contributed by atoms with Gasteiger partial charge in [-0.15, -0.1) is 0 Å². The van der Waals surface area contributed by atoms with Crippen molar-refractivity contribution in [3.05, 3.63) is 29.8 Å². The molecule has 5 N–H and O–H groups in total. The summed E-state index contributed by atoms with van der Waals surface area (Å²) in [6.07, 6.45) is 6.10. The average molecular weight is 322 g/mol. The van der Waals surface area contributed by atoms with Crippen LogP contribution in [-0.4, -0.2) is 34.9 Å². The number of benzene rings is 1. The zero-order valence-electron chi connectivity index (χ0n) is 14.1.